The van der Waals surface area contributed by atoms with Crippen LogP contribution >= 0.6 is 0 Å². The molecular formula is C24H24F3NO. The van der Waals surface area contributed by atoms with E-state index in [9.17, 15) is 13.2 Å². The molecular weight excluding hydrogens is 375 g/mol. The maximum atomic E-state index is 14.5. The minimum Gasteiger partial charge on any atom is -0.429 e. The first-order valence-corrected chi connectivity index (χ1v) is 9.91. The predicted octanol–water partition coefficient (Wildman–Crippen LogP) is 7.07. The molecule has 2 aromatic carbocycles. The number of benzene rings is 2. The van der Waals surface area contributed by atoms with Gasteiger partial charge in [0, 0.05) is 6.07 Å². The lowest BCUT2D eigenvalue weighted by molar-refractivity contribution is -0.185. The molecule has 2 nitrogen and oxygen atoms in total. The molecule has 0 radical (unpaired) electrons. The third kappa shape index (κ3) is 5.20. The molecule has 1 aliphatic carbocycles. The van der Waals surface area contributed by atoms with Crippen LogP contribution in [0, 0.1) is 23.1 Å². The smallest absolute Gasteiger partial charge is 0.426 e. The normalized spacial score (nSPS) is 19.8. The fraction of sp³-hybridized carbons (Fsp3) is 0.375. The lowest BCUT2D eigenvalue weighted by Crippen LogP contribution is -2.22. The number of hydrogen-bond donors (Lipinski definition) is 0. The van der Waals surface area contributed by atoms with Crippen LogP contribution in [0.5, 0.6) is 5.75 Å². The van der Waals surface area contributed by atoms with Crippen molar-refractivity contribution in [3.8, 4) is 11.8 Å². The summed E-state index contributed by atoms with van der Waals surface area (Å²) in [5.41, 5.74) is 0.566. The average molecular weight is 399 g/mol. The summed E-state index contributed by atoms with van der Waals surface area (Å²) in [5.74, 6) is -0.100. The largest absolute Gasteiger partial charge is 0.429 e. The second-order valence-corrected chi connectivity index (χ2v) is 7.52. The molecule has 29 heavy (non-hydrogen) atoms. The lowest BCUT2D eigenvalue weighted by atomic mass is 9.77. The molecule has 0 aromatic heterocycles. The predicted molar refractivity (Wildman–Crippen MR) is 106 cm³/mol. The molecule has 0 unspecified atom stereocenters. The highest BCUT2D eigenvalue weighted by Gasteiger charge is 2.35. The molecule has 0 saturated heterocycles. The highest BCUT2D eigenvalue weighted by atomic mass is 19.3. The monoisotopic (exact) mass is 399 g/mol. The van der Waals surface area contributed by atoms with Crippen LogP contribution in [0.25, 0.3) is 0 Å². The molecule has 0 N–H and O–H groups in total. The van der Waals surface area contributed by atoms with Gasteiger partial charge in [0.05, 0.1) is 11.1 Å². The van der Waals surface area contributed by atoms with Crippen molar-refractivity contribution in [1.82, 2.24) is 0 Å². The fourth-order valence-corrected chi connectivity index (χ4v) is 3.87. The number of nitrogens with zero attached hydrogens (tertiary/aromatic N) is 1. The standard InChI is InChI=1S/C24H24F3NO/c1-2-3-4-17-5-7-18(8-6-17)19-9-12-21(13-10-19)24(26,27)29-22-14-11-20(16-28)23(25)15-22/h2-3,9-15,17-18H,4-8H2,1H3/t17-,18-. The average Bonchev–Trinajstić information content (AvgIpc) is 2.72. The second kappa shape index (κ2) is 9.17. The van der Waals surface area contributed by atoms with E-state index in [0.29, 0.717) is 11.8 Å². The minimum atomic E-state index is -3.59. The van der Waals surface area contributed by atoms with Crippen LogP contribution in [0.1, 0.15) is 61.6 Å². The molecule has 3 rings (SSSR count). The molecule has 1 saturated carbocycles. The molecule has 1 fully saturated rings. The van der Waals surface area contributed by atoms with Crippen LogP contribution < -0.4 is 4.74 Å². The molecule has 5 heteroatoms. The molecule has 1 aliphatic rings. The summed E-state index contributed by atoms with van der Waals surface area (Å²) in [6.45, 7) is 2.03. The van der Waals surface area contributed by atoms with Crippen molar-refractivity contribution in [2.75, 3.05) is 0 Å². The Bertz CT molecular complexity index is 891. The first-order chi connectivity index (χ1) is 13.9. The van der Waals surface area contributed by atoms with Gasteiger partial charge >= 0.3 is 6.11 Å². The van der Waals surface area contributed by atoms with Gasteiger partial charge in [0.25, 0.3) is 0 Å². The molecule has 0 spiro atoms. The van der Waals surface area contributed by atoms with Gasteiger partial charge in [-0.3, -0.25) is 0 Å². The lowest BCUT2D eigenvalue weighted by Gasteiger charge is -2.28. The molecule has 0 heterocycles. The number of rotatable bonds is 6. The van der Waals surface area contributed by atoms with Gasteiger partial charge in [-0.25, -0.2) is 4.39 Å². The van der Waals surface area contributed by atoms with Crippen molar-refractivity contribution >= 4 is 0 Å². The number of alkyl halides is 2. The van der Waals surface area contributed by atoms with Gasteiger partial charge < -0.3 is 4.74 Å². The zero-order chi connectivity index (χ0) is 20.9. The summed E-state index contributed by atoms with van der Waals surface area (Å²) in [5, 5.41) is 8.72. The van der Waals surface area contributed by atoms with Gasteiger partial charge in [0.15, 0.2) is 0 Å². The van der Waals surface area contributed by atoms with Crippen molar-refractivity contribution in [1.29, 1.82) is 5.26 Å². The number of halogens is 3. The number of hydrogen-bond acceptors (Lipinski definition) is 2. The number of allylic oxidation sites excluding steroid dienone is 2. The molecule has 0 amide bonds. The molecule has 0 atom stereocenters. The van der Waals surface area contributed by atoms with Gasteiger partial charge in [-0.2, -0.15) is 14.0 Å². The Morgan fingerprint density at radius 1 is 1.10 bits per heavy atom. The highest BCUT2D eigenvalue weighted by molar-refractivity contribution is 5.37. The SMILES string of the molecule is CC=CC[C@H]1CC[C@H](c2ccc(C(F)(F)Oc3ccc(C#N)c(F)c3)cc2)CC1. The van der Waals surface area contributed by atoms with E-state index in [1.165, 1.54) is 12.1 Å². The van der Waals surface area contributed by atoms with Crippen LogP contribution in [-0.4, -0.2) is 0 Å². The molecule has 2 aromatic rings. The first-order valence-electron chi connectivity index (χ1n) is 9.91. The van der Waals surface area contributed by atoms with Crippen molar-refractivity contribution in [3.63, 3.8) is 0 Å². The van der Waals surface area contributed by atoms with E-state index in [1.54, 1.807) is 18.2 Å². The van der Waals surface area contributed by atoms with Crippen LogP contribution in [0.4, 0.5) is 13.2 Å². The number of ether oxygens (including phenoxy) is 1. The van der Waals surface area contributed by atoms with Crippen molar-refractivity contribution in [3.05, 3.63) is 77.1 Å². The van der Waals surface area contributed by atoms with E-state index in [1.807, 2.05) is 6.92 Å². The van der Waals surface area contributed by atoms with E-state index in [2.05, 4.69) is 12.2 Å². The van der Waals surface area contributed by atoms with E-state index in [-0.39, 0.29) is 16.9 Å². The van der Waals surface area contributed by atoms with Gasteiger partial charge in [-0.15, -0.1) is 0 Å². The van der Waals surface area contributed by atoms with E-state index < -0.39 is 11.9 Å². The Balaban J connectivity index is 1.64. The number of nitriles is 1. The summed E-state index contributed by atoms with van der Waals surface area (Å²) in [6, 6.07) is 11.0. The molecule has 0 bridgehead atoms. The van der Waals surface area contributed by atoms with Gasteiger partial charge in [0.1, 0.15) is 17.6 Å². The summed E-state index contributed by atoms with van der Waals surface area (Å²) in [7, 11) is 0. The quantitative estimate of drug-likeness (QED) is 0.487. The topological polar surface area (TPSA) is 33.0 Å². The fourth-order valence-electron chi connectivity index (χ4n) is 3.87. The summed E-state index contributed by atoms with van der Waals surface area (Å²) < 4.78 is 47.3. The van der Waals surface area contributed by atoms with Crippen molar-refractivity contribution in [2.24, 2.45) is 5.92 Å². The second-order valence-electron chi connectivity index (χ2n) is 7.52. The minimum absolute atomic E-state index is 0.217. The van der Waals surface area contributed by atoms with E-state index >= 15 is 0 Å². The Morgan fingerprint density at radius 2 is 1.79 bits per heavy atom. The Labute approximate surface area is 169 Å². The van der Waals surface area contributed by atoms with Gasteiger partial charge in [-0.1, -0.05) is 24.3 Å². The zero-order valence-corrected chi connectivity index (χ0v) is 16.4. The zero-order valence-electron chi connectivity index (χ0n) is 16.4. The summed E-state index contributed by atoms with van der Waals surface area (Å²) >= 11 is 0. The summed E-state index contributed by atoms with van der Waals surface area (Å²) in [4.78, 5) is 0. The van der Waals surface area contributed by atoms with Gasteiger partial charge in [-0.05, 0) is 80.7 Å². The maximum Gasteiger partial charge on any atom is 0.426 e. The Hall–Kier alpha value is -2.74. The van der Waals surface area contributed by atoms with Crippen molar-refractivity contribution in [2.45, 2.75) is 51.1 Å². The molecule has 152 valence electrons. The Kier molecular flexibility index (Phi) is 6.64. The van der Waals surface area contributed by atoms with E-state index in [4.69, 9.17) is 10.00 Å². The molecule has 0 aliphatic heterocycles. The first kappa shape index (κ1) is 21.0. The van der Waals surface area contributed by atoms with Crippen LogP contribution in [0.2, 0.25) is 0 Å². The third-order valence-corrected chi connectivity index (χ3v) is 5.58. The van der Waals surface area contributed by atoms with Crippen LogP contribution in [-0.2, 0) is 6.11 Å². The maximum absolute atomic E-state index is 14.5. The van der Waals surface area contributed by atoms with Gasteiger partial charge in [0.2, 0.25) is 0 Å². The summed E-state index contributed by atoms with van der Waals surface area (Å²) in [6.07, 6.45) is 6.25. The van der Waals surface area contributed by atoms with E-state index in [0.717, 1.165) is 55.9 Å². The van der Waals surface area contributed by atoms with Crippen molar-refractivity contribution < 1.29 is 17.9 Å². The van der Waals surface area contributed by atoms with Crippen LogP contribution in [0.15, 0.2) is 54.6 Å². The third-order valence-electron chi connectivity index (χ3n) is 5.58. The highest BCUT2D eigenvalue weighted by Crippen LogP contribution is 2.38. The Morgan fingerprint density at radius 3 is 2.38 bits per heavy atom. The van der Waals surface area contributed by atoms with Crippen LogP contribution in [0.3, 0.4) is 0 Å².